The van der Waals surface area contributed by atoms with Gasteiger partial charge in [-0.1, -0.05) is 0 Å². The number of rotatable bonds is 5. The van der Waals surface area contributed by atoms with Gasteiger partial charge >= 0.3 is 0 Å². The Morgan fingerprint density at radius 2 is 1.50 bits per heavy atom. The molecule has 4 heteroatoms. The Kier molecular flexibility index (Phi) is 4.45. The molecule has 1 N–H and O–H groups in total. The maximum atomic E-state index is 12.9. The molecule has 106 valence electrons. The number of ether oxygens (including phenoxy) is 2. The topological polar surface area (TPSA) is 30.5 Å². The molecule has 0 saturated heterocycles. The summed E-state index contributed by atoms with van der Waals surface area (Å²) in [4.78, 5) is 0. The first-order chi connectivity index (χ1) is 9.62. The van der Waals surface area contributed by atoms with Gasteiger partial charge in [-0.3, -0.25) is 0 Å². The first kappa shape index (κ1) is 14.2. The Balaban J connectivity index is 2.19. The summed E-state index contributed by atoms with van der Waals surface area (Å²) in [6, 6.07) is 12.1. The number of benzene rings is 2. The zero-order valence-corrected chi connectivity index (χ0v) is 11.8. The van der Waals surface area contributed by atoms with Crippen molar-refractivity contribution in [2.75, 3.05) is 19.5 Å². The molecule has 1 unspecified atom stereocenters. The predicted molar refractivity (Wildman–Crippen MR) is 78.0 cm³/mol. The molecular formula is C16H18FNO2. The fourth-order valence-corrected chi connectivity index (χ4v) is 1.96. The molecule has 1 atom stereocenters. The lowest BCUT2D eigenvalue weighted by atomic mass is 10.1. The van der Waals surface area contributed by atoms with Crippen LogP contribution in [0.4, 0.5) is 10.1 Å². The van der Waals surface area contributed by atoms with E-state index in [9.17, 15) is 4.39 Å². The Bertz CT molecular complexity index is 547. The first-order valence-corrected chi connectivity index (χ1v) is 6.37. The van der Waals surface area contributed by atoms with Gasteiger partial charge in [-0.05, 0) is 48.9 Å². The van der Waals surface area contributed by atoms with E-state index in [1.807, 2.05) is 25.1 Å². The first-order valence-electron chi connectivity index (χ1n) is 6.37. The van der Waals surface area contributed by atoms with Crippen molar-refractivity contribution < 1.29 is 13.9 Å². The molecule has 2 aromatic rings. The number of hydrogen-bond acceptors (Lipinski definition) is 3. The summed E-state index contributed by atoms with van der Waals surface area (Å²) in [6.45, 7) is 2.03. The summed E-state index contributed by atoms with van der Waals surface area (Å²) in [5, 5.41) is 3.31. The smallest absolute Gasteiger partial charge is 0.123 e. The second-order valence-electron chi connectivity index (χ2n) is 4.52. The van der Waals surface area contributed by atoms with Crippen LogP contribution in [0, 0.1) is 5.82 Å². The van der Waals surface area contributed by atoms with Gasteiger partial charge < -0.3 is 14.8 Å². The number of hydrogen-bond donors (Lipinski definition) is 1. The van der Waals surface area contributed by atoms with Crippen molar-refractivity contribution in [1.82, 2.24) is 0 Å². The van der Waals surface area contributed by atoms with Crippen molar-refractivity contribution in [2.45, 2.75) is 13.0 Å². The maximum absolute atomic E-state index is 12.9. The van der Waals surface area contributed by atoms with Gasteiger partial charge in [0.1, 0.15) is 17.3 Å². The van der Waals surface area contributed by atoms with Crippen LogP contribution in [-0.4, -0.2) is 14.2 Å². The molecule has 0 aromatic heterocycles. The summed E-state index contributed by atoms with van der Waals surface area (Å²) in [7, 11) is 3.24. The highest BCUT2D eigenvalue weighted by atomic mass is 19.1. The van der Waals surface area contributed by atoms with Crippen LogP contribution < -0.4 is 14.8 Å². The summed E-state index contributed by atoms with van der Waals surface area (Å²) >= 11 is 0. The third kappa shape index (κ3) is 3.41. The van der Waals surface area contributed by atoms with Crippen molar-refractivity contribution >= 4 is 5.69 Å². The fraction of sp³-hybridized carbons (Fsp3) is 0.250. The average molecular weight is 275 g/mol. The standard InChI is InChI=1S/C16H18FNO2/c1-11(18-14-6-4-13(17)5-7-14)12-8-15(19-2)10-16(9-12)20-3/h4-11,18H,1-3H3. The van der Waals surface area contributed by atoms with E-state index in [0.717, 1.165) is 22.7 Å². The molecule has 0 spiro atoms. The lowest BCUT2D eigenvalue weighted by molar-refractivity contribution is 0.393. The lowest BCUT2D eigenvalue weighted by Gasteiger charge is -2.17. The largest absolute Gasteiger partial charge is 0.497 e. The van der Waals surface area contributed by atoms with Crippen molar-refractivity contribution in [3.8, 4) is 11.5 Å². The van der Waals surface area contributed by atoms with Crippen LogP contribution >= 0.6 is 0 Å². The van der Waals surface area contributed by atoms with Gasteiger partial charge in [0.25, 0.3) is 0 Å². The molecule has 0 amide bonds. The molecule has 0 radical (unpaired) electrons. The highest BCUT2D eigenvalue weighted by molar-refractivity contribution is 5.47. The minimum atomic E-state index is -0.244. The fourth-order valence-electron chi connectivity index (χ4n) is 1.96. The molecule has 3 nitrogen and oxygen atoms in total. The van der Waals surface area contributed by atoms with Gasteiger partial charge in [0.2, 0.25) is 0 Å². The maximum Gasteiger partial charge on any atom is 0.123 e. The van der Waals surface area contributed by atoms with Gasteiger partial charge in [-0.25, -0.2) is 4.39 Å². The van der Waals surface area contributed by atoms with E-state index >= 15 is 0 Å². The minimum absolute atomic E-state index is 0.0458. The number of anilines is 1. The molecule has 0 saturated carbocycles. The van der Waals surface area contributed by atoms with Gasteiger partial charge in [-0.2, -0.15) is 0 Å². The number of methoxy groups -OCH3 is 2. The van der Waals surface area contributed by atoms with Crippen LogP contribution in [0.15, 0.2) is 42.5 Å². The Hall–Kier alpha value is -2.23. The number of nitrogens with one attached hydrogen (secondary N) is 1. The second kappa shape index (κ2) is 6.28. The van der Waals surface area contributed by atoms with Crippen LogP contribution in [-0.2, 0) is 0 Å². The zero-order valence-electron chi connectivity index (χ0n) is 11.8. The highest BCUT2D eigenvalue weighted by Gasteiger charge is 2.09. The van der Waals surface area contributed by atoms with Crippen LogP contribution in [0.1, 0.15) is 18.5 Å². The van der Waals surface area contributed by atoms with E-state index < -0.39 is 0 Å². The third-order valence-corrected chi connectivity index (χ3v) is 3.10. The molecule has 0 aliphatic carbocycles. The van der Waals surface area contributed by atoms with Crippen molar-refractivity contribution in [2.24, 2.45) is 0 Å². The minimum Gasteiger partial charge on any atom is -0.497 e. The SMILES string of the molecule is COc1cc(OC)cc(C(C)Nc2ccc(F)cc2)c1. The Morgan fingerprint density at radius 1 is 0.950 bits per heavy atom. The molecule has 2 rings (SSSR count). The monoisotopic (exact) mass is 275 g/mol. The molecule has 0 aliphatic heterocycles. The van der Waals surface area contributed by atoms with Gasteiger partial charge in [-0.15, -0.1) is 0 Å². The van der Waals surface area contributed by atoms with Crippen molar-refractivity contribution in [1.29, 1.82) is 0 Å². The Labute approximate surface area is 118 Å². The van der Waals surface area contributed by atoms with Crippen LogP contribution in [0.5, 0.6) is 11.5 Å². The normalized spacial score (nSPS) is 11.8. The molecular weight excluding hydrogens is 257 g/mol. The van der Waals surface area contributed by atoms with Crippen LogP contribution in [0.25, 0.3) is 0 Å². The molecule has 0 fully saturated rings. The predicted octanol–water partition coefficient (Wildman–Crippen LogP) is 4.02. The van der Waals surface area contributed by atoms with E-state index in [1.54, 1.807) is 26.4 Å². The molecule has 0 bridgehead atoms. The quantitative estimate of drug-likeness (QED) is 0.894. The van der Waals surface area contributed by atoms with Crippen molar-refractivity contribution in [3.05, 3.63) is 53.8 Å². The second-order valence-corrected chi connectivity index (χ2v) is 4.52. The zero-order chi connectivity index (χ0) is 14.5. The summed E-state index contributed by atoms with van der Waals surface area (Å²) < 4.78 is 23.4. The highest BCUT2D eigenvalue weighted by Crippen LogP contribution is 2.28. The Morgan fingerprint density at radius 3 is 2.00 bits per heavy atom. The summed E-state index contributed by atoms with van der Waals surface area (Å²) in [6.07, 6.45) is 0. The number of halogens is 1. The van der Waals surface area contributed by atoms with Crippen LogP contribution in [0.2, 0.25) is 0 Å². The van der Waals surface area contributed by atoms with E-state index in [-0.39, 0.29) is 11.9 Å². The average Bonchev–Trinajstić information content (AvgIpc) is 2.48. The van der Waals surface area contributed by atoms with Gasteiger partial charge in [0.15, 0.2) is 0 Å². The van der Waals surface area contributed by atoms with Crippen LogP contribution in [0.3, 0.4) is 0 Å². The molecule has 0 heterocycles. The lowest BCUT2D eigenvalue weighted by Crippen LogP contribution is -2.07. The van der Waals surface area contributed by atoms with Gasteiger partial charge in [0.05, 0.1) is 14.2 Å². The van der Waals surface area contributed by atoms with E-state index in [2.05, 4.69) is 5.32 Å². The summed E-state index contributed by atoms with van der Waals surface area (Å²) in [5.41, 5.74) is 1.89. The molecule has 0 aliphatic rings. The third-order valence-electron chi connectivity index (χ3n) is 3.10. The van der Waals surface area contributed by atoms with Crippen molar-refractivity contribution in [3.63, 3.8) is 0 Å². The van der Waals surface area contributed by atoms with E-state index in [4.69, 9.17) is 9.47 Å². The summed E-state index contributed by atoms with van der Waals surface area (Å²) in [5.74, 6) is 1.24. The molecule has 2 aromatic carbocycles. The van der Waals surface area contributed by atoms with E-state index in [0.29, 0.717) is 0 Å². The van der Waals surface area contributed by atoms with Gasteiger partial charge in [0, 0.05) is 17.8 Å². The molecule has 20 heavy (non-hydrogen) atoms. The van der Waals surface area contributed by atoms with E-state index in [1.165, 1.54) is 12.1 Å².